The number of amides is 3. The van der Waals surface area contributed by atoms with Crippen molar-refractivity contribution in [3.05, 3.63) is 90.7 Å². The smallest absolute Gasteiger partial charge is 0.294 e. The summed E-state index contributed by atoms with van der Waals surface area (Å²) in [5.74, 6) is -0.0199. The number of carbonyl (C=O) groups is 3. The molecule has 1 aliphatic heterocycles. The molecule has 1 N–H and O–H groups in total. The highest BCUT2D eigenvalue weighted by Gasteiger charge is 2.36. The van der Waals surface area contributed by atoms with Crippen molar-refractivity contribution in [1.82, 2.24) is 4.90 Å². The van der Waals surface area contributed by atoms with Crippen LogP contribution in [0.5, 0.6) is 11.5 Å². The number of thioether (sulfide) groups is 1. The van der Waals surface area contributed by atoms with Crippen LogP contribution in [0.15, 0.2) is 74.5 Å². The summed E-state index contributed by atoms with van der Waals surface area (Å²) >= 11 is 14.0. The molecule has 0 unspecified atom stereocenters. The van der Waals surface area contributed by atoms with Gasteiger partial charge in [0.2, 0.25) is 5.91 Å². The van der Waals surface area contributed by atoms with Gasteiger partial charge in [-0.1, -0.05) is 41.9 Å². The Bertz CT molecular complexity index is 1390. The maximum atomic E-state index is 12.9. The fourth-order valence-corrected chi connectivity index (χ4v) is 5.91. The molecule has 1 saturated heterocycles. The van der Waals surface area contributed by atoms with E-state index in [0.717, 1.165) is 22.2 Å². The first-order chi connectivity index (χ1) is 17.8. The number of nitrogens with zero attached hydrogens (tertiary/aromatic N) is 1. The zero-order valence-corrected chi connectivity index (χ0v) is 24.0. The van der Waals surface area contributed by atoms with E-state index >= 15 is 0 Å². The van der Waals surface area contributed by atoms with Crippen molar-refractivity contribution < 1.29 is 23.9 Å². The van der Waals surface area contributed by atoms with Crippen LogP contribution >= 0.6 is 55.2 Å². The zero-order chi connectivity index (χ0) is 26.5. The Kier molecular flexibility index (Phi) is 8.96. The van der Waals surface area contributed by atoms with E-state index in [0.29, 0.717) is 36.7 Å². The van der Waals surface area contributed by atoms with E-state index in [1.807, 2.05) is 18.2 Å². The highest BCUT2D eigenvalue weighted by Crippen LogP contribution is 2.38. The number of methoxy groups -OCH3 is 1. The summed E-state index contributed by atoms with van der Waals surface area (Å²) in [5.41, 5.74) is 1.95. The van der Waals surface area contributed by atoms with Gasteiger partial charge in [0.15, 0.2) is 0 Å². The van der Waals surface area contributed by atoms with Crippen LogP contribution in [-0.2, 0) is 16.2 Å². The molecule has 0 bridgehead atoms. The van der Waals surface area contributed by atoms with Gasteiger partial charge in [0.1, 0.15) is 24.7 Å². The zero-order valence-electron chi connectivity index (χ0n) is 19.3. The third-order valence-corrected chi connectivity index (χ3v) is 7.66. The van der Waals surface area contributed by atoms with Crippen LogP contribution in [0.3, 0.4) is 0 Å². The van der Waals surface area contributed by atoms with Crippen molar-refractivity contribution in [2.75, 3.05) is 19.0 Å². The molecule has 190 valence electrons. The van der Waals surface area contributed by atoms with E-state index in [9.17, 15) is 14.4 Å². The standard InChI is InChI=1S/C26H19Br2ClN2O5S/c1-35-21-9-5-4-8-20(21)30-23(32)13-31-25(33)22(37-26(31)34)12-15-10-17(27)24(18(28)11-15)36-14-16-6-2-3-7-19(16)29/h2-12H,13-14H2,1H3,(H,30,32)/b22-12+. The normalized spacial score (nSPS) is 14.3. The van der Waals surface area contributed by atoms with Crippen molar-refractivity contribution in [1.29, 1.82) is 0 Å². The minimum atomic E-state index is -0.545. The number of para-hydroxylation sites is 2. The average molecular weight is 667 g/mol. The van der Waals surface area contributed by atoms with Crippen LogP contribution in [0, 0.1) is 0 Å². The number of nitrogens with one attached hydrogen (secondary N) is 1. The number of rotatable bonds is 8. The summed E-state index contributed by atoms with van der Waals surface area (Å²) in [6.07, 6.45) is 1.59. The predicted molar refractivity (Wildman–Crippen MR) is 152 cm³/mol. The summed E-state index contributed by atoms with van der Waals surface area (Å²) in [7, 11) is 1.49. The third kappa shape index (κ3) is 6.56. The van der Waals surface area contributed by atoms with E-state index < -0.39 is 23.6 Å². The SMILES string of the molecule is COc1ccccc1NC(=O)CN1C(=O)S/C(=C/c2cc(Br)c(OCc3ccccc3Cl)c(Br)c2)C1=O. The minimum Gasteiger partial charge on any atom is -0.495 e. The molecule has 1 heterocycles. The molecule has 0 atom stereocenters. The van der Waals surface area contributed by atoms with Crippen molar-refractivity contribution in [3.63, 3.8) is 0 Å². The minimum absolute atomic E-state index is 0.207. The van der Waals surface area contributed by atoms with Gasteiger partial charge in [0.05, 0.1) is 26.6 Å². The lowest BCUT2D eigenvalue weighted by Crippen LogP contribution is -2.36. The summed E-state index contributed by atoms with van der Waals surface area (Å²) in [6, 6.07) is 17.8. The van der Waals surface area contributed by atoms with E-state index in [1.54, 1.807) is 48.5 Å². The van der Waals surface area contributed by atoms with E-state index in [4.69, 9.17) is 21.1 Å². The van der Waals surface area contributed by atoms with Gasteiger partial charge in [0, 0.05) is 10.6 Å². The first-order valence-electron chi connectivity index (χ1n) is 10.8. The fourth-order valence-electron chi connectivity index (χ4n) is 3.44. The molecule has 37 heavy (non-hydrogen) atoms. The lowest BCUT2D eigenvalue weighted by Gasteiger charge is -2.14. The monoisotopic (exact) mass is 664 g/mol. The number of anilines is 1. The molecule has 11 heteroatoms. The van der Waals surface area contributed by atoms with Crippen LogP contribution in [-0.4, -0.2) is 35.6 Å². The summed E-state index contributed by atoms with van der Waals surface area (Å²) < 4.78 is 12.4. The maximum absolute atomic E-state index is 12.9. The lowest BCUT2D eigenvalue weighted by atomic mass is 10.2. The van der Waals surface area contributed by atoms with Crippen LogP contribution in [0.4, 0.5) is 10.5 Å². The first-order valence-corrected chi connectivity index (χ1v) is 13.6. The number of benzene rings is 3. The molecule has 1 fully saturated rings. The van der Waals surface area contributed by atoms with Gasteiger partial charge in [0.25, 0.3) is 11.1 Å². The lowest BCUT2D eigenvalue weighted by molar-refractivity contribution is -0.127. The quantitative estimate of drug-likeness (QED) is 0.258. The fraction of sp³-hybridized carbons (Fsp3) is 0.115. The largest absolute Gasteiger partial charge is 0.495 e. The summed E-state index contributed by atoms with van der Waals surface area (Å²) in [5, 5.41) is 2.76. The molecule has 0 radical (unpaired) electrons. The highest BCUT2D eigenvalue weighted by molar-refractivity contribution is 9.11. The van der Waals surface area contributed by atoms with Gasteiger partial charge in [-0.25, -0.2) is 0 Å². The molecule has 7 nitrogen and oxygen atoms in total. The van der Waals surface area contributed by atoms with Gasteiger partial charge in [-0.3, -0.25) is 19.3 Å². The second-order valence-electron chi connectivity index (χ2n) is 7.71. The number of ether oxygens (including phenoxy) is 2. The summed E-state index contributed by atoms with van der Waals surface area (Å²) in [4.78, 5) is 39.1. The van der Waals surface area contributed by atoms with Crippen molar-refractivity contribution in [2.24, 2.45) is 0 Å². The van der Waals surface area contributed by atoms with Gasteiger partial charge < -0.3 is 14.8 Å². The molecule has 0 saturated carbocycles. The molecule has 3 amide bonds. The molecule has 3 aromatic rings. The first kappa shape index (κ1) is 27.3. The number of carbonyl (C=O) groups excluding carboxylic acids is 3. The Morgan fingerprint density at radius 1 is 1.08 bits per heavy atom. The molecule has 0 spiro atoms. The van der Waals surface area contributed by atoms with Crippen LogP contribution in [0.25, 0.3) is 6.08 Å². The van der Waals surface area contributed by atoms with Crippen LogP contribution in [0.2, 0.25) is 5.02 Å². The van der Waals surface area contributed by atoms with E-state index in [-0.39, 0.29) is 11.5 Å². The third-order valence-electron chi connectivity index (χ3n) is 5.20. The van der Waals surface area contributed by atoms with Crippen molar-refractivity contribution >= 4 is 84.0 Å². The molecular weight excluding hydrogens is 648 g/mol. The second-order valence-corrected chi connectivity index (χ2v) is 10.8. The van der Waals surface area contributed by atoms with Gasteiger partial charge in [-0.15, -0.1) is 0 Å². The Hall–Kier alpha value is -2.79. The number of halogens is 3. The Balaban J connectivity index is 1.45. The Morgan fingerprint density at radius 3 is 2.46 bits per heavy atom. The van der Waals surface area contributed by atoms with Gasteiger partial charge >= 0.3 is 0 Å². The van der Waals surface area contributed by atoms with Crippen LogP contribution in [0.1, 0.15) is 11.1 Å². The molecule has 4 rings (SSSR count). The maximum Gasteiger partial charge on any atom is 0.294 e. The van der Waals surface area contributed by atoms with Crippen molar-refractivity contribution in [2.45, 2.75) is 6.61 Å². The number of hydrogen-bond acceptors (Lipinski definition) is 6. The highest BCUT2D eigenvalue weighted by atomic mass is 79.9. The number of imide groups is 1. The van der Waals surface area contributed by atoms with Crippen molar-refractivity contribution in [3.8, 4) is 11.5 Å². The molecule has 3 aromatic carbocycles. The molecule has 1 aliphatic rings. The molecule has 0 aromatic heterocycles. The number of hydrogen-bond donors (Lipinski definition) is 1. The topological polar surface area (TPSA) is 84.9 Å². The average Bonchev–Trinajstić information content (AvgIpc) is 3.12. The molecule has 0 aliphatic carbocycles. The predicted octanol–water partition coefficient (Wildman–Crippen LogP) is 7.13. The van der Waals surface area contributed by atoms with Gasteiger partial charge in [-0.05, 0) is 85.6 Å². The summed E-state index contributed by atoms with van der Waals surface area (Å²) in [6.45, 7) is -0.145. The van der Waals surface area contributed by atoms with E-state index in [1.165, 1.54) is 7.11 Å². The van der Waals surface area contributed by atoms with E-state index in [2.05, 4.69) is 37.2 Å². The Morgan fingerprint density at radius 2 is 1.76 bits per heavy atom. The molecular formula is C26H19Br2ClN2O5S. The second kappa shape index (κ2) is 12.2. The Labute approximate surface area is 239 Å². The van der Waals surface area contributed by atoms with Crippen LogP contribution < -0.4 is 14.8 Å². The van der Waals surface area contributed by atoms with Gasteiger partial charge in [-0.2, -0.15) is 0 Å².